The Kier molecular flexibility index (Phi) is 7.30. The Balaban J connectivity index is 2.61. The number of methoxy groups -OCH3 is 1. The van der Waals surface area contributed by atoms with Crippen molar-refractivity contribution in [1.82, 2.24) is 9.29 Å². The average molecular weight is 307 g/mol. The predicted octanol–water partition coefficient (Wildman–Crippen LogP) is 1.14. The third-order valence-electron chi connectivity index (χ3n) is 2.67. The smallest absolute Gasteiger partial charge is 0.214 e. The fourth-order valence-corrected chi connectivity index (χ4v) is 3.38. The van der Waals surface area contributed by atoms with Crippen LogP contribution in [0.1, 0.15) is 5.56 Å². The number of rotatable bonds is 9. The number of sulfonamides is 1. The molecule has 19 heavy (non-hydrogen) atoms. The van der Waals surface area contributed by atoms with Gasteiger partial charge in [-0.05, 0) is 24.1 Å². The Hall–Kier alpha value is -0.690. The van der Waals surface area contributed by atoms with Crippen LogP contribution in [0.2, 0.25) is 0 Å². The van der Waals surface area contributed by atoms with Gasteiger partial charge in [-0.25, -0.2) is 8.42 Å². The lowest BCUT2D eigenvalue weighted by atomic mass is 10.2. The minimum absolute atomic E-state index is 0.0671. The number of aromatic nitrogens is 1. The molecule has 0 aliphatic rings. The molecule has 0 amide bonds. The molecule has 0 aromatic carbocycles. The number of alkyl halides is 1. The lowest BCUT2D eigenvalue weighted by molar-refractivity contribution is 0.180. The van der Waals surface area contributed by atoms with Gasteiger partial charge in [-0.15, -0.1) is 11.6 Å². The molecule has 0 aliphatic heterocycles. The fraction of sp³-hybridized carbons (Fsp3) is 0.583. The molecule has 1 aromatic heterocycles. The van der Waals surface area contributed by atoms with E-state index in [9.17, 15) is 8.42 Å². The maximum atomic E-state index is 12.2. The zero-order valence-electron chi connectivity index (χ0n) is 11.0. The highest BCUT2D eigenvalue weighted by atomic mass is 35.5. The molecule has 1 aromatic rings. The van der Waals surface area contributed by atoms with Gasteiger partial charge in [0.15, 0.2) is 0 Å². The first kappa shape index (κ1) is 16.4. The molecule has 108 valence electrons. The molecule has 0 spiro atoms. The van der Waals surface area contributed by atoms with Gasteiger partial charge in [0.2, 0.25) is 10.0 Å². The van der Waals surface area contributed by atoms with E-state index in [0.29, 0.717) is 26.1 Å². The number of ether oxygens (including phenoxy) is 1. The normalized spacial score (nSPS) is 11.9. The molecule has 0 radical (unpaired) electrons. The van der Waals surface area contributed by atoms with E-state index in [0.717, 1.165) is 5.56 Å². The van der Waals surface area contributed by atoms with Crippen LogP contribution in [-0.4, -0.2) is 56.1 Å². The summed E-state index contributed by atoms with van der Waals surface area (Å²) in [4.78, 5) is 3.90. The van der Waals surface area contributed by atoms with Gasteiger partial charge in [-0.1, -0.05) is 0 Å². The second-order valence-corrected chi connectivity index (χ2v) is 6.47. The van der Waals surface area contributed by atoms with E-state index >= 15 is 0 Å². The molecule has 0 aliphatic carbocycles. The SMILES string of the molecule is COCCN(CCCl)S(=O)(=O)CCc1ccncc1. The van der Waals surface area contributed by atoms with Crippen LogP contribution in [0.3, 0.4) is 0 Å². The van der Waals surface area contributed by atoms with Crippen LogP contribution in [0.5, 0.6) is 0 Å². The molecule has 0 saturated heterocycles. The third kappa shape index (κ3) is 5.86. The predicted molar refractivity (Wildman–Crippen MR) is 75.9 cm³/mol. The Morgan fingerprint density at radius 3 is 2.58 bits per heavy atom. The third-order valence-corrected chi connectivity index (χ3v) is 4.71. The molecule has 1 heterocycles. The lowest BCUT2D eigenvalue weighted by Crippen LogP contribution is -2.37. The van der Waals surface area contributed by atoms with Gasteiger partial charge in [-0.2, -0.15) is 4.31 Å². The van der Waals surface area contributed by atoms with Gasteiger partial charge < -0.3 is 4.74 Å². The van der Waals surface area contributed by atoms with Crippen LogP contribution in [0, 0.1) is 0 Å². The summed E-state index contributed by atoms with van der Waals surface area (Å²) in [5, 5.41) is 0. The van der Waals surface area contributed by atoms with Crippen molar-refractivity contribution in [3.63, 3.8) is 0 Å². The molecular formula is C12H19ClN2O3S. The average Bonchev–Trinajstić information content (AvgIpc) is 2.42. The fourth-order valence-electron chi connectivity index (χ4n) is 1.60. The first-order chi connectivity index (χ1) is 9.10. The van der Waals surface area contributed by atoms with Crippen molar-refractivity contribution in [2.24, 2.45) is 0 Å². The van der Waals surface area contributed by atoms with E-state index in [1.54, 1.807) is 19.5 Å². The van der Waals surface area contributed by atoms with E-state index in [1.165, 1.54) is 4.31 Å². The minimum atomic E-state index is -3.31. The summed E-state index contributed by atoms with van der Waals surface area (Å²) in [6.07, 6.45) is 3.78. The van der Waals surface area contributed by atoms with Crippen molar-refractivity contribution in [3.8, 4) is 0 Å². The zero-order chi connectivity index (χ0) is 14.1. The van der Waals surface area contributed by atoms with Gasteiger partial charge in [0.05, 0.1) is 12.4 Å². The maximum Gasteiger partial charge on any atom is 0.214 e. The lowest BCUT2D eigenvalue weighted by Gasteiger charge is -2.20. The number of aryl methyl sites for hydroxylation is 1. The molecule has 0 atom stereocenters. The highest BCUT2D eigenvalue weighted by Gasteiger charge is 2.20. The topological polar surface area (TPSA) is 59.5 Å². The van der Waals surface area contributed by atoms with Crippen molar-refractivity contribution < 1.29 is 13.2 Å². The van der Waals surface area contributed by atoms with Crippen LogP contribution in [0.4, 0.5) is 0 Å². The first-order valence-corrected chi connectivity index (χ1v) is 8.16. The Morgan fingerprint density at radius 2 is 2.00 bits per heavy atom. The van der Waals surface area contributed by atoms with E-state index < -0.39 is 10.0 Å². The highest BCUT2D eigenvalue weighted by Crippen LogP contribution is 2.06. The largest absolute Gasteiger partial charge is 0.383 e. The molecule has 0 bridgehead atoms. The van der Waals surface area contributed by atoms with E-state index in [1.807, 2.05) is 12.1 Å². The minimum Gasteiger partial charge on any atom is -0.383 e. The maximum absolute atomic E-state index is 12.2. The first-order valence-electron chi connectivity index (χ1n) is 6.02. The van der Waals surface area contributed by atoms with Crippen LogP contribution >= 0.6 is 11.6 Å². The molecule has 0 N–H and O–H groups in total. The Labute approximate surface area is 119 Å². The summed E-state index contributed by atoms with van der Waals surface area (Å²) in [5.74, 6) is 0.343. The van der Waals surface area contributed by atoms with Crippen molar-refractivity contribution in [3.05, 3.63) is 30.1 Å². The highest BCUT2D eigenvalue weighted by molar-refractivity contribution is 7.89. The number of hydrogen-bond acceptors (Lipinski definition) is 4. The van der Waals surface area contributed by atoms with Crippen LogP contribution in [0.15, 0.2) is 24.5 Å². The van der Waals surface area contributed by atoms with Crippen LogP contribution < -0.4 is 0 Å². The number of hydrogen-bond donors (Lipinski definition) is 0. The monoisotopic (exact) mass is 306 g/mol. The summed E-state index contributed by atoms with van der Waals surface area (Å²) in [7, 11) is -1.76. The van der Waals surface area contributed by atoms with E-state index in [2.05, 4.69) is 4.98 Å². The summed E-state index contributed by atoms with van der Waals surface area (Å²) in [6, 6.07) is 3.63. The van der Waals surface area contributed by atoms with Crippen molar-refractivity contribution in [2.75, 3.05) is 38.4 Å². The van der Waals surface area contributed by atoms with Gasteiger partial charge in [0.25, 0.3) is 0 Å². The second kappa shape index (κ2) is 8.47. The van der Waals surface area contributed by atoms with E-state index in [-0.39, 0.29) is 11.6 Å². The molecule has 5 nitrogen and oxygen atoms in total. The van der Waals surface area contributed by atoms with Gasteiger partial charge in [0.1, 0.15) is 0 Å². The van der Waals surface area contributed by atoms with Gasteiger partial charge >= 0.3 is 0 Å². The number of pyridine rings is 1. The number of nitrogens with zero attached hydrogens (tertiary/aromatic N) is 2. The molecule has 1 rings (SSSR count). The summed E-state index contributed by atoms with van der Waals surface area (Å²) >= 11 is 5.64. The quantitative estimate of drug-likeness (QED) is 0.642. The van der Waals surface area contributed by atoms with Crippen LogP contribution in [-0.2, 0) is 21.2 Å². The van der Waals surface area contributed by atoms with Gasteiger partial charge in [0, 0.05) is 38.5 Å². The summed E-state index contributed by atoms with van der Waals surface area (Å²) < 4.78 is 30.7. The molecule has 0 unspecified atom stereocenters. The summed E-state index contributed by atoms with van der Waals surface area (Å²) in [6.45, 7) is 1.01. The van der Waals surface area contributed by atoms with Crippen molar-refractivity contribution in [1.29, 1.82) is 0 Å². The van der Waals surface area contributed by atoms with Crippen molar-refractivity contribution in [2.45, 2.75) is 6.42 Å². The second-order valence-electron chi connectivity index (χ2n) is 4.00. The number of halogens is 1. The molecular weight excluding hydrogens is 288 g/mol. The van der Waals surface area contributed by atoms with Crippen molar-refractivity contribution >= 4 is 21.6 Å². The molecule has 7 heteroatoms. The zero-order valence-corrected chi connectivity index (χ0v) is 12.5. The Morgan fingerprint density at radius 1 is 1.32 bits per heavy atom. The molecule has 0 saturated carbocycles. The standard InChI is InChI=1S/C12H19ClN2O3S/c1-18-10-9-15(8-5-13)19(16,17)11-4-12-2-6-14-7-3-12/h2-3,6-7H,4-5,8-11H2,1H3. The van der Waals surface area contributed by atoms with Gasteiger partial charge in [-0.3, -0.25) is 4.98 Å². The van der Waals surface area contributed by atoms with Crippen LogP contribution in [0.25, 0.3) is 0 Å². The van der Waals surface area contributed by atoms with E-state index in [4.69, 9.17) is 16.3 Å². The Bertz CT molecular complexity index is 453. The summed E-state index contributed by atoms with van der Waals surface area (Å²) in [5.41, 5.74) is 0.955. The molecule has 0 fully saturated rings.